The van der Waals surface area contributed by atoms with E-state index in [0.717, 1.165) is 12.5 Å². The van der Waals surface area contributed by atoms with Crippen LogP contribution in [0.4, 0.5) is 0 Å². The Balaban J connectivity index is 1.93. The van der Waals surface area contributed by atoms with Crippen molar-refractivity contribution in [2.24, 2.45) is 5.92 Å². The van der Waals surface area contributed by atoms with Gasteiger partial charge in [0.25, 0.3) is 0 Å². The van der Waals surface area contributed by atoms with Gasteiger partial charge in [-0.25, -0.2) is 4.68 Å². The maximum absolute atomic E-state index is 4.08. The standard InChI is InChI=1S/C10H17N3/c1-9-7-11-12-13(9)8-10-5-3-2-4-6-10/h7,10H,2-6,8H2,1H3. The Morgan fingerprint density at radius 2 is 2.15 bits per heavy atom. The highest BCUT2D eigenvalue weighted by Gasteiger charge is 2.14. The van der Waals surface area contributed by atoms with Crippen molar-refractivity contribution in [2.45, 2.75) is 45.6 Å². The van der Waals surface area contributed by atoms with Crippen molar-refractivity contribution in [2.75, 3.05) is 0 Å². The molecular weight excluding hydrogens is 162 g/mol. The van der Waals surface area contributed by atoms with E-state index in [-0.39, 0.29) is 0 Å². The summed E-state index contributed by atoms with van der Waals surface area (Å²) in [6.45, 7) is 3.15. The quantitative estimate of drug-likeness (QED) is 0.696. The first-order valence-corrected chi connectivity index (χ1v) is 5.21. The molecule has 1 aromatic heterocycles. The molecule has 72 valence electrons. The SMILES string of the molecule is Cc1cnnn1CC1CCCCC1. The van der Waals surface area contributed by atoms with Gasteiger partial charge in [-0.05, 0) is 25.7 Å². The normalized spacial score (nSPS) is 19.2. The van der Waals surface area contributed by atoms with Crippen molar-refractivity contribution in [1.29, 1.82) is 0 Å². The second-order valence-electron chi connectivity index (χ2n) is 4.06. The van der Waals surface area contributed by atoms with E-state index in [1.807, 2.05) is 10.9 Å². The number of rotatable bonds is 2. The minimum absolute atomic E-state index is 0.842. The Kier molecular flexibility index (Phi) is 2.62. The molecule has 1 saturated carbocycles. The third kappa shape index (κ3) is 2.08. The summed E-state index contributed by atoms with van der Waals surface area (Å²) in [6, 6.07) is 0. The van der Waals surface area contributed by atoms with Crippen LogP contribution in [0, 0.1) is 12.8 Å². The Morgan fingerprint density at radius 3 is 2.77 bits per heavy atom. The molecule has 2 rings (SSSR count). The highest BCUT2D eigenvalue weighted by Crippen LogP contribution is 2.24. The molecule has 1 aromatic rings. The van der Waals surface area contributed by atoms with Crippen LogP contribution < -0.4 is 0 Å². The molecule has 13 heavy (non-hydrogen) atoms. The molecule has 0 N–H and O–H groups in total. The second-order valence-corrected chi connectivity index (χ2v) is 4.06. The fourth-order valence-corrected chi connectivity index (χ4v) is 2.10. The van der Waals surface area contributed by atoms with Crippen LogP contribution in [0.5, 0.6) is 0 Å². The smallest absolute Gasteiger partial charge is 0.0722 e. The molecule has 0 saturated heterocycles. The minimum atomic E-state index is 0.842. The van der Waals surface area contributed by atoms with E-state index < -0.39 is 0 Å². The van der Waals surface area contributed by atoms with Crippen molar-refractivity contribution < 1.29 is 0 Å². The predicted octanol–water partition coefficient (Wildman–Crippen LogP) is 2.17. The number of aromatic nitrogens is 3. The summed E-state index contributed by atoms with van der Waals surface area (Å²) < 4.78 is 2.04. The van der Waals surface area contributed by atoms with E-state index in [0.29, 0.717) is 0 Å². The fraction of sp³-hybridized carbons (Fsp3) is 0.800. The molecule has 1 fully saturated rings. The molecule has 3 heteroatoms. The summed E-state index contributed by atoms with van der Waals surface area (Å²) in [5, 5.41) is 7.98. The Hall–Kier alpha value is -0.860. The molecule has 0 atom stereocenters. The van der Waals surface area contributed by atoms with E-state index >= 15 is 0 Å². The number of hydrogen-bond donors (Lipinski definition) is 0. The molecule has 0 unspecified atom stereocenters. The van der Waals surface area contributed by atoms with Crippen LogP contribution in [0.2, 0.25) is 0 Å². The van der Waals surface area contributed by atoms with Gasteiger partial charge in [-0.2, -0.15) is 0 Å². The van der Waals surface area contributed by atoms with Crippen LogP contribution in [0.1, 0.15) is 37.8 Å². The lowest BCUT2D eigenvalue weighted by Crippen LogP contribution is -2.15. The van der Waals surface area contributed by atoms with Gasteiger partial charge in [0.1, 0.15) is 0 Å². The molecule has 1 heterocycles. The average Bonchev–Trinajstić information content (AvgIpc) is 2.54. The Bertz CT molecular complexity index is 261. The first-order chi connectivity index (χ1) is 6.36. The molecular formula is C10H17N3. The summed E-state index contributed by atoms with van der Waals surface area (Å²) in [5.41, 5.74) is 1.19. The molecule has 0 bridgehead atoms. The van der Waals surface area contributed by atoms with Gasteiger partial charge >= 0.3 is 0 Å². The monoisotopic (exact) mass is 179 g/mol. The van der Waals surface area contributed by atoms with E-state index in [4.69, 9.17) is 0 Å². The highest BCUT2D eigenvalue weighted by atomic mass is 15.4. The zero-order valence-corrected chi connectivity index (χ0v) is 8.24. The van der Waals surface area contributed by atoms with E-state index in [1.165, 1.54) is 37.8 Å². The minimum Gasteiger partial charge on any atom is -0.249 e. The van der Waals surface area contributed by atoms with Crippen LogP contribution >= 0.6 is 0 Å². The van der Waals surface area contributed by atoms with Gasteiger partial charge in [0.15, 0.2) is 0 Å². The molecule has 0 amide bonds. The lowest BCUT2D eigenvalue weighted by Gasteiger charge is -2.21. The molecule has 1 aliphatic rings. The molecule has 0 aliphatic heterocycles. The van der Waals surface area contributed by atoms with Crippen LogP contribution in [-0.4, -0.2) is 15.0 Å². The van der Waals surface area contributed by atoms with Crippen LogP contribution in [0.3, 0.4) is 0 Å². The van der Waals surface area contributed by atoms with E-state index in [1.54, 1.807) is 0 Å². The van der Waals surface area contributed by atoms with Gasteiger partial charge in [-0.1, -0.05) is 24.5 Å². The first kappa shape index (κ1) is 8.73. The van der Waals surface area contributed by atoms with Gasteiger partial charge in [-0.15, -0.1) is 5.10 Å². The topological polar surface area (TPSA) is 30.7 Å². The van der Waals surface area contributed by atoms with Gasteiger partial charge < -0.3 is 0 Å². The summed E-state index contributed by atoms with van der Waals surface area (Å²) >= 11 is 0. The summed E-state index contributed by atoms with van der Waals surface area (Å²) in [4.78, 5) is 0. The van der Waals surface area contributed by atoms with Crippen LogP contribution in [-0.2, 0) is 6.54 Å². The predicted molar refractivity (Wildman–Crippen MR) is 51.3 cm³/mol. The highest BCUT2D eigenvalue weighted by molar-refractivity contribution is 4.88. The zero-order valence-electron chi connectivity index (χ0n) is 8.24. The number of nitrogens with zero attached hydrogens (tertiary/aromatic N) is 3. The third-order valence-corrected chi connectivity index (χ3v) is 2.97. The maximum atomic E-state index is 4.08. The summed E-state index contributed by atoms with van der Waals surface area (Å²) in [5.74, 6) is 0.842. The largest absolute Gasteiger partial charge is 0.249 e. The van der Waals surface area contributed by atoms with Crippen molar-refractivity contribution in [3.63, 3.8) is 0 Å². The Morgan fingerprint density at radius 1 is 1.38 bits per heavy atom. The molecule has 0 aromatic carbocycles. The fourth-order valence-electron chi connectivity index (χ4n) is 2.10. The average molecular weight is 179 g/mol. The van der Waals surface area contributed by atoms with Gasteiger partial charge in [-0.3, -0.25) is 0 Å². The van der Waals surface area contributed by atoms with Gasteiger partial charge in [0, 0.05) is 6.54 Å². The molecule has 0 spiro atoms. The first-order valence-electron chi connectivity index (χ1n) is 5.21. The molecule has 3 nitrogen and oxygen atoms in total. The summed E-state index contributed by atoms with van der Waals surface area (Å²) in [7, 11) is 0. The van der Waals surface area contributed by atoms with Crippen LogP contribution in [0.15, 0.2) is 6.20 Å². The summed E-state index contributed by atoms with van der Waals surface area (Å²) in [6.07, 6.45) is 8.81. The van der Waals surface area contributed by atoms with Gasteiger partial charge in [0.2, 0.25) is 0 Å². The van der Waals surface area contributed by atoms with Crippen molar-refractivity contribution in [3.8, 4) is 0 Å². The lowest BCUT2D eigenvalue weighted by atomic mass is 9.89. The Labute approximate surface area is 79.1 Å². The lowest BCUT2D eigenvalue weighted by molar-refractivity contribution is 0.303. The van der Waals surface area contributed by atoms with Crippen molar-refractivity contribution in [1.82, 2.24) is 15.0 Å². The maximum Gasteiger partial charge on any atom is 0.0722 e. The number of aryl methyl sites for hydroxylation is 1. The van der Waals surface area contributed by atoms with Crippen LogP contribution in [0.25, 0.3) is 0 Å². The van der Waals surface area contributed by atoms with E-state index in [9.17, 15) is 0 Å². The second kappa shape index (κ2) is 3.90. The molecule has 1 aliphatic carbocycles. The zero-order chi connectivity index (χ0) is 9.10. The number of hydrogen-bond acceptors (Lipinski definition) is 2. The third-order valence-electron chi connectivity index (χ3n) is 2.97. The van der Waals surface area contributed by atoms with Crippen molar-refractivity contribution >= 4 is 0 Å². The van der Waals surface area contributed by atoms with Gasteiger partial charge in [0.05, 0.1) is 11.9 Å². The van der Waals surface area contributed by atoms with Crippen molar-refractivity contribution in [3.05, 3.63) is 11.9 Å². The van der Waals surface area contributed by atoms with E-state index in [2.05, 4.69) is 17.2 Å². The molecule has 0 radical (unpaired) electrons.